The number of nitrogens with one attached hydrogen (secondary N) is 1. The van der Waals surface area contributed by atoms with E-state index in [1.165, 1.54) is 10.4 Å². The van der Waals surface area contributed by atoms with E-state index in [1.807, 2.05) is 18.2 Å². The monoisotopic (exact) mass is 594 g/mol. The molecule has 1 fully saturated rings. The third kappa shape index (κ3) is 5.34. The SMILES string of the molecule is O=S(=O)(c1cccc(C(F)(F)F)c1)N1CCCC(c2cc(NCc3cccnc3)n3ncc(Br)c3n2)C1. The molecule has 1 aromatic carbocycles. The Hall–Kier alpha value is -3.03. The number of pyridine rings is 1. The summed E-state index contributed by atoms with van der Waals surface area (Å²) in [6, 6.07) is 9.49. The van der Waals surface area contributed by atoms with Crippen molar-refractivity contribution in [3.63, 3.8) is 0 Å². The fourth-order valence-corrected chi connectivity index (χ4v) is 6.29. The third-order valence-electron chi connectivity index (χ3n) is 6.25. The van der Waals surface area contributed by atoms with Crippen molar-refractivity contribution in [2.75, 3.05) is 18.4 Å². The standard InChI is InChI=1S/C24H22BrF3N6O2S/c25-20-14-31-34-22(30-13-16-4-2-8-29-12-16)11-21(32-23(20)34)17-5-3-9-33(15-17)37(35,36)19-7-1-6-18(10-19)24(26,27)28/h1-2,4,6-8,10-12,14,17,30H,3,5,9,13,15H2. The molecular weight excluding hydrogens is 573 g/mol. The van der Waals surface area contributed by atoms with Gasteiger partial charge in [0.05, 0.1) is 26.8 Å². The largest absolute Gasteiger partial charge is 0.416 e. The van der Waals surface area contributed by atoms with E-state index in [9.17, 15) is 21.6 Å². The molecule has 194 valence electrons. The second kappa shape index (κ2) is 10.0. The van der Waals surface area contributed by atoms with Crippen LogP contribution >= 0.6 is 15.9 Å². The molecule has 0 amide bonds. The van der Waals surface area contributed by atoms with E-state index in [1.54, 1.807) is 23.1 Å². The van der Waals surface area contributed by atoms with Crippen molar-refractivity contribution < 1.29 is 21.6 Å². The Morgan fingerprint density at radius 1 is 1.14 bits per heavy atom. The smallest absolute Gasteiger partial charge is 0.366 e. The minimum absolute atomic E-state index is 0.107. The van der Waals surface area contributed by atoms with Crippen molar-refractivity contribution in [1.82, 2.24) is 23.9 Å². The first-order valence-corrected chi connectivity index (χ1v) is 13.7. The Labute approximate surface area is 219 Å². The van der Waals surface area contributed by atoms with Crippen LogP contribution < -0.4 is 5.32 Å². The van der Waals surface area contributed by atoms with Gasteiger partial charge in [-0.1, -0.05) is 12.1 Å². The maximum atomic E-state index is 13.3. The molecule has 3 aromatic heterocycles. The summed E-state index contributed by atoms with van der Waals surface area (Å²) in [6.07, 6.45) is 1.68. The van der Waals surface area contributed by atoms with Crippen molar-refractivity contribution in [2.24, 2.45) is 0 Å². The number of anilines is 1. The first-order chi connectivity index (χ1) is 17.6. The van der Waals surface area contributed by atoms with Crippen LogP contribution in [0.1, 0.15) is 35.6 Å². The molecule has 0 bridgehead atoms. The molecule has 1 atom stereocenters. The second-order valence-corrected chi connectivity index (χ2v) is 11.5. The van der Waals surface area contributed by atoms with Crippen LogP contribution in [0.15, 0.2) is 70.4 Å². The van der Waals surface area contributed by atoms with E-state index in [-0.39, 0.29) is 23.9 Å². The maximum Gasteiger partial charge on any atom is 0.416 e. The van der Waals surface area contributed by atoms with Crippen LogP contribution in [0.5, 0.6) is 0 Å². The van der Waals surface area contributed by atoms with Gasteiger partial charge in [0, 0.05) is 44.0 Å². The number of aromatic nitrogens is 4. The van der Waals surface area contributed by atoms with E-state index in [4.69, 9.17) is 4.98 Å². The van der Waals surface area contributed by atoms with Crippen LogP contribution in [0.4, 0.5) is 19.0 Å². The lowest BCUT2D eigenvalue weighted by molar-refractivity contribution is -0.137. The lowest BCUT2D eigenvalue weighted by Gasteiger charge is -2.32. The molecule has 1 N–H and O–H groups in total. The fourth-order valence-electron chi connectivity index (χ4n) is 4.37. The number of sulfonamides is 1. The van der Waals surface area contributed by atoms with Crippen LogP contribution in [0, 0.1) is 0 Å². The Morgan fingerprint density at radius 3 is 2.73 bits per heavy atom. The number of rotatable bonds is 6. The molecule has 0 saturated carbocycles. The summed E-state index contributed by atoms with van der Waals surface area (Å²) >= 11 is 3.47. The van der Waals surface area contributed by atoms with Crippen LogP contribution in [-0.2, 0) is 22.7 Å². The highest BCUT2D eigenvalue weighted by Gasteiger charge is 2.35. The van der Waals surface area contributed by atoms with Gasteiger partial charge in [-0.3, -0.25) is 4.98 Å². The number of benzene rings is 1. The predicted molar refractivity (Wildman–Crippen MR) is 134 cm³/mol. The molecule has 4 heterocycles. The van der Waals surface area contributed by atoms with E-state index in [0.717, 1.165) is 17.7 Å². The highest BCUT2D eigenvalue weighted by atomic mass is 79.9. The molecule has 1 aliphatic rings. The van der Waals surface area contributed by atoms with E-state index in [2.05, 4.69) is 31.3 Å². The summed E-state index contributed by atoms with van der Waals surface area (Å²) in [4.78, 5) is 8.49. The van der Waals surface area contributed by atoms with Crippen molar-refractivity contribution >= 4 is 37.4 Å². The van der Waals surface area contributed by atoms with Gasteiger partial charge < -0.3 is 5.32 Å². The molecule has 0 spiro atoms. The van der Waals surface area contributed by atoms with Gasteiger partial charge in [-0.25, -0.2) is 13.4 Å². The van der Waals surface area contributed by atoms with Gasteiger partial charge in [-0.05, 0) is 58.6 Å². The van der Waals surface area contributed by atoms with Gasteiger partial charge in [-0.15, -0.1) is 0 Å². The minimum Gasteiger partial charge on any atom is -0.366 e. The number of hydrogen-bond acceptors (Lipinski definition) is 6. The average molecular weight is 595 g/mol. The molecule has 0 radical (unpaired) electrons. The van der Waals surface area contributed by atoms with Crippen LogP contribution in [-0.4, -0.2) is 45.4 Å². The highest BCUT2D eigenvalue weighted by Crippen LogP contribution is 2.34. The van der Waals surface area contributed by atoms with Crippen molar-refractivity contribution in [3.8, 4) is 0 Å². The summed E-state index contributed by atoms with van der Waals surface area (Å²) in [6.45, 7) is 0.819. The summed E-state index contributed by atoms with van der Waals surface area (Å²) in [7, 11) is -4.13. The van der Waals surface area contributed by atoms with Gasteiger partial charge in [0.2, 0.25) is 10.0 Å². The maximum absolute atomic E-state index is 13.3. The summed E-state index contributed by atoms with van der Waals surface area (Å²) in [5.41, 5.74) is 1.22. The van der Waals surface area contributed by atoms with Gasteiger partial charge in [0.15, 0.2) is 5.65 Å². The Kier molecular flexibility index (Phi) is 6.94. The lowest BCUT2D eigenvalue weighted by atomic mass is 9.96. The van der Waals surface area contributed by atoms with E-state index < -0.39 is 21.8 Å². The Balaban J connectivity index is 1.43. The quantitative estimate of drug-likeness (QED) is 0.334. The molecule has 5 rings (SSSR count). The molecule has 13 heteroatoms. The Morgan fingerprint density at radius 2 is 1.97 bits per heavy atom. The first kappa shape index (κ1) is 25.6. The van der Waals surface area contributed by atoms with Gasteiger partial charge in [-0.2, -0.15) is 27.1 Å². The molecule has 1 saturated heterocycles. The zero-order chi connectivity index (χ0) is 26.2. The van der Waals surface area contributed by atoms with Crippen LogP contribution in [0.25, 0.3) is 5.65 Å². The second-order valence-electron chi connectivity index (χ2n) is 8.74. The van der Waals surface area contributed by atoms with Crippen molar-refractivity contribution in [2.45, 2.75) is 36.4 Å². The topological polar surface area (TPSA) is 92.5 Å². The van der Waals surface area contributed by atoms with Gasteiger partial charge >= 0.3 is 6.18 Å². The number of alkyl halides is 3. The molecule has 1 aliphatic heterocycles. The molecule has 8 nitrogen and oxygen atoms in total. The summed E-state index contributed by atoms with van der Waals surface area (Å²) < 4.78 is 69.7. The number of hydrogen-bond donors (Lipinski definition) is 1. The average Bonchev–Trinajstić information content (AvgIpc) is 3.28. The van der Waals surface area contributed by atoms with Crippen LogP contribution in [0.2, 0.25) is 0 Å². The zero-order valence-corrected chi connectivity index (χ0v) is 21.8. The number of piperidine rings is 1. The van der Waals surface area contributed by atoms with Crippen LogP contribution in [0.3, 0.4) is 0 Å². The van der Waals surface area contributed by atoms with Gasteiger partial charge in [0.25, 0.3) is 0 Å². The fraction of sp³-hybridized carbons (Fsp3) is 0.292. The minimum atomic E-state index is -4.63. The first-order valence-electron chi connectivity index (χ1n) is 11.5. The van der Waals surface area contributed by atoms with Crippen molar-refractivity contribution in [3.05, 3.63) is 82.3 Å². The number of nitrogens with zero attached hydrogens (tertiary/aromatic N) is 5. The molecule has 37 heavy (non-hydrogen) atoms. The van der Waals surface area contributed by atoms with E-state index >= 15 is 0 Å². The normalized spacial score (nSPS) is 17.2. The van der Waals surface area contributed by atoms with E-state index in [0.29, 0.717) is 47.1 Å². The predicted octanol–water partition coefficient (Wildman–Crippen LogP) is 5.09. The molecule has 4 aromatic rings. The third-order valence-corrected chi connectivity index (χ3v) is 8.67. The highest BCUT2D eigenvalue weighted by molar-refractivity contribution is 9.10. The summed E-state index contributed by atoms with van der Waals surface area (Å²) in [5.74, 6) is 0.424. The Bertz CT molecular complexity index is 1530. The number of fused-ring (bicyclic) bond motifs is 1. The molecule has 0 aliphatic carbocycles. The number of halogens is 4. The van der Waals surface area contributed by atoms with Crippen molar-refractivity contribution in [1.29, 1.82) is 0 Å². The zero-order valence-electron chi connectivity index (χ0n) is 19.4. The molecular formula is C24H22BrF3N6O2S. The summed E-state index contributed by atoms with van der Waals surface area (Å²) in [5, 5.41) is 7.72. The van der Waals surface area contributed by atoms with Gasteiger partial charge in [0.1, 0.15) is 5.82 Å². The molecule has 1 unspecified atom stereocenters. The lowest BCUT2D eigenvalue weighted by Crippen LogP contribution is -2.39.